The summed E-state index contributed by atoms with van der Waals surface area (Å²) >= 11 is 1.85. The lowest BCUT2D eigenvalue weighted by Gasteiger charge is -2.42. The zero-order chi connectivity index (χ0) is 15.0. The molecule has 0 aliphatic heterocycles. The van der Waals surface area contributed by atoms with Crippen molar-refractivity contribution in [1.82, 2.24) is 10.3 Å². The molecule has 1 N–H and O–H groups in total. The fourth-order valence-corrected chi connectivity index (χ4v) is 4.94. The Balaban J connectivity index is 2.35. The van der Waals surface area contributed by atoms with E-state index in [2.05, 4.69) is 52.2 Å². The van der Waals surface area contributed by atoms with Crippen molar-refractivity contribution in [2.45, 2.75) is 71.8 Å². The lowest BCUT2D eigenvalue weighted by atomic mass is 9.72. The number of hydrogen-bond donors (Lipinski definition) is 1. The molecule has 2 nitrogen and oxygen atoms in total. The number of aromatic nitrogens is 1. The van der Waals surface area contributed by atoms with E-state index in [-0.39, 0.29) is 11.0 Å². The van der Waals surface area contributed by atoms with Crippen molar-refractivity contribution < 1.29 is 0 Å². The van der Waals surface area contributed by atoms with Crippen molar-refractivity contribution in [2.75, 3.05) is 6.54 Å². The van der Waals surface area contributed by atoms with Crippen molar-refractivity contribution in [2.24, 2.45) is 11.8 Å². The summed E-state index contributed by atoms with van der Waals surface area (Å²) in [6, 6.07) is 0. The first-order valence-electron chi connectivity index (χ1n) is 7.98. The van der Waals surface area contributed by atoms with E-state index in [0.29, 0.717) is 0 Å². The molecule has 1 aromatic heterocycles. The number of hydrogen-bond acceptors (Lipinski definition) is 3. The summed E-state index contributed by atoms with van der Waals surface area (Å²) < 4.78 is 0. The van der Waals surface area contributed by atoms with Gasteiger partial charge in [-0.05, 0) is 37.6 Å². The Hall–Kier alpha value is -0.410. The van der Waals surface area contributed by atoms with Crippen LogP contribution in [0.3, 0.4) is 0 Å². The molecule has 1 heterocycles. The topological polar surface area (TPSA) is 24.9 Å². The standard InChI is InChI=1S/C17H30N2S/c1-7-18-17(9-12(2)8-13(3)10-17)15-19-14(11-20-15)16(4,5)6/h11-13,18H,7-10H2,1-6H3. The number of nitrogens with one attached hydrogen (secondary N) is 1. The van der Waals surface area contributed by atoms with E-state index in [1.807, 2.05) is 11.3 Å². The molecule has 0 amide bonds. The second-order valence-electron chi connectivity index (χ2n) is 7.75. The molecule has 2 rings (SSSR count). The van der Waals surface area contributed by atoms with Crippen LogP contribution in [0.25, 0.3) is 0 Å². The van der Waals surface area contributed by atoms with E-state index in [1.165, 1.54) is 30.0 Å². The Morgan fingerprint density at radius 3 is 2.35 bits per heavy atom. The summed E-state index contributed by atoms with van der Waals surface area (Å²) in [5.41, 5.74) is 1.49. The van der Waals surface area contributed by atoms with Crippen LogP contribution in [0.1, 0.15) is 71.5 Å². The zero-order valence-corrected chi connectivity index (χ0v) is 14.7. The molecule has 2 unspecified atom stereocenters. The molecule has 2 atom stereocenters. The Morgan fingerprint density at radius 2 is 1.90 bits per heavy atom. The van der Waals surface area contributed by atoms with Gasteiger partial charge in [-0.3, -0.25) is 0 Å². The van der Waals surface area contributed by atoms with Crippen LogP contribution in [-0.2, 0) is 11.0 Å². The van der Waals surface area contributed by atoms with Gasteiger partial charge in [0, 0.05) is 10.8 Å². The SMILES string of the molecule is CCNC1(c2nc(C(C)(C)C)cs2)CC(C)CC(C)C1. The highest BCUT2D eigenvalue weighted by Crippen LogP contribution is 2.44. The maximum absolute atomic E-state index is 5.02. The van der Waals surface area contributed by atoms with Gasteiger partial charge in [-0.25, -0.2) is 4.98 Å². The monoisotopic (exact) mass is 294 g/mol. The molecule has 20 heavy (non-hydrogen) atoms. The van der Waals surface area contributed by atoms with Crippen LogP contribution in [0.15, 0.2) is 5.38 Å². The van der Waals surface area contributed by atoms with Crippen molar-refractivity contribution in [3.8, 4) is 0 Å². The van der Waals surface area contributed by atoms with Gasteiger partial charge in [0.25, 0.3) is 0 Å². The molecule has 0 spiro atoms. The van der Waals surface area contributed by atoms with E-state index >= 15 is 0 Å². The van der Waals surface area contributed by atoms with Gasteiger partial charge in [0.05, 0.1) is 11.2 Å². The van der Waals surface area contributed by atoms with E-state index in [9.17, 15) is 0 Å². The first-order valence-corrected chi connectivity index (χ1v) is 8.86. The van der Waals surface area contributed by atoms with Crippen LogP contribution in [-0.4, -0.2) is 11.5 Å². The summed E-state index contributed by atoms with van der Waals surface area (Å²) in [6.07, 6.45) is 3.80. The molecule has 0 bridgehead atoms. The van der Waals surface area contributed by atoms with Crippen molar-refractivity contribution in [3.05, 3.63) is 16.1 Å². The van der Waals surface area contributed by atoms with Gasteiger partial charge in [0.2, 0.25) is 0 Å². The van der Waals surface area contributed by atoms with Gasteiger partial charge < -0.3 is 5.32 Å². The molecule has 1 fully saturated rings. The maximum atomic E-state index is 5.02. The lowest BCUT2D eigenvalue weighted by Crippen LogP contribution is -2.47. The number of rotatable bonds is 3. The van der Waals surface area contributed by atoms with Gasteiger partial charge in [0.15, 0.2) is 0 Å². The first-order chi connectivity index (χ1) is 9.27. The second-order valence-corrected chi connectivity index (χ2v) is 8.61. The van der Waals surface area contributed by atoms with Crippen LogP contribution in [0.4, 0.5) is 0 Å². The number of nitrogens with zero attached hydrogens (tertiary/aromatic N) is 1. The third-order valence-electron chi connectivity index (χ3n) is 4.40. The largest absolute Gasteiger partial charge is 0.306 e. The predicted molar refractivity (Wildman–Crippen MR) is 88.3 cm³/mol. The van der Waals surface area contributed by atoms with E-state index < -0.39 is 0 Å². The van der Waals surface area contributed by atoms with Gasteiger partial charge in [-0.2, -0.15) is 0 Å². The zero-order valence-electron chi connectivity index (χ0n) is 13.9. The van der Waals surface area contributed by atoms with Crippen molar-refractivity contribution in [3.63, 3.8) is 0 Å². The Kier molecular flexibility index (Phi) is 4.60. The molecule has 114 valence electrons. The van der Waals surface area contributed by atoms with Gasteiger partial charge in [0.1, 0.15) is 5.01 Å². The second kappa shape index (κ2) is 5.76. The Bertz CT molecular complexity index is 434. The quantitative estimate of drug-likeness (QED) is 0.874. The molecule has 0 radical (unpaired) electrons. The Morgan fingerprint density at radius 1 is 1.30 bits per heavy atom. The Labute approximate surface area is 128 Å². The third kappa shape index (κ3) is 3.25. The highest BCUT2D eigenvalue weighted by molar-refractivity contribution is 7.09. The van der Waals surface area contributed by atoms with Crippen LogP contribution in [0, 0.1) is 11.8 Å². The predicted octanol–water partition coefficient (Wildman–Crippen LogP) is 4.70. The third-order valence-corrected chi connectivity index (χ3v) is 5.44. The first kappa shape index (κ1) is 16.0. The highest BCUT2D eigenvalue weighted by atomic mass is 32.1. The van der Waals surface area contributed by atoms with Crippen molar-refractivity contribution in [1.29, 1.82) is 0 Å². The molecule has 0 saturated heterocycles. The van der Waals surface area contributed by atoms with Crippen LogP contribution in [0.2, 0.25) is 0 Å². The minimum absolute atomic E-state index is 0.111. The summed E-state index contributed by atoms with van der Waals surface area (Å²) in [5, 5.41) is 7.36. The minimum Gasteiger partial charge on any atom is -0.306 e. The highest BCUT2D eigenvalue weighted by Gasteiger charge is 2.41. The summed E-state index contributed by atoms with van der Waals surface area (Å²) in [4.78, 5) is 5.02. The molecule has 0 aromatic carbocycles. The van der Waals surface area contributed by atoms with Crippen molar-refractivity contribution >= 4 is 11.3 Å². The fourth-order valence-electron chi connectivity index (χ4n) is 3.70. The van der Waals surface area contributed by atoms with Gasteiger partial charge in [-0.15, -0.1) is 11.3 Å². The molecule has 1 saturated carbocycles. The van der Waals surface area contributed by atoms with Gasteiger partial charge in [-0.1, -0.05) is 41.5 Å². The molecule has 1 aliphatic carbocycles. The normalized spacial score (nSPS) is 31.5. The van der Waals surface area contributed by atoms with Crippen LogP contribution < -0.4 is 5.32 Å². The van der Waals surface area contributed by atoms with Crippen LogP contribution in [0.5, 0.6) is 0 Å². The summed E-state index contributed by atoms with van der Waals surface area (Å²) in [7, 11) is 0. The summed E-state index contributed by atoms with van der Waals surface area (Å²) in [5.74, 6) is 1.56. The number of thiazole rings is 1. The summed E-state index contributed by atoms with van der Waals surface area (Å²) in [6.45, 7) is 14.8. The minimum atomic E-state index is 0.111. The fraction of sp³-hybridized carbons (Fsp3) is 0.824. The average Bonchev–Trinajstić information content (AvgIpc) is 2.76. The van der Waals surface area contributed by atoms with Crippen LogP contribution >= 0.6 is 11.3 Å². The molecule has 3 heteroatoms. The van der Waals surface area contributed by atoms with E-state index in [0.717, 1.165) is 18.4 Å². The maximum Gasteiger partial charge on any atom is 0.113 e. The average molecular weight is 295 g/mol. The molecular weight excluding hydrogens is 264 g/mol. The lowest BCUT2D eigenvalue weighted by molar-refractivity contribution is 0.145. The smallest absolute Gasteiger partial charge is 0.113 e. The molecule has 1 aromatic rings. The van der Waals surface area contributed by atoms with E-state index in [4.69, 9.17) is 4.98 Å². The van der Waals surface area contributed by atoms with Gasteiger partial charge >= 0.3 is 0 Å². The molecular formula is C17H30N2S. The van der Waals surface area contributed by atoms with E-state index in [1.54, 1.807) is 0 Å². The molecule has 1 aliphatic rings.